The number of Topliss-reactive ketones (excluding diaryl/α,β-unsaturated/α-hetero) is 1. The van der Waals surface area contributed by atoms with E-state index in [9.17, 15) is 4.79 Å². The molecule has 2 heteroatoms. The number of carbonyl (C=O) groups is 1. The average molecular weight is 245 g/mol. The van der Waals surface area contributed by atoms with Gasteiger partial charge in [0, 0.05) is 16.0 Å². The van der Waals surface area contributed by atoms with Gasteiger partial charge in [0.25, 0.3) is 0 Å². The fourth-order valence-electron chi connectivity index (χ4n) is 2.85. The van der Waals surface area contributed by atoms with Gasteiger partial charge < -0.3 is 0 Å². The minimum atomic E-state index is 0.149. The molecule has 0 saturated carbocycles. The maximum atomic E-state index is 11.9. The number of carbonyl (C=O) groups excluding carboxylic acids is 1. The molecule has 0 heterocycles. The fraction of sp³-hybridized carbons (Fsp3) is 0.267. The Morgan fingerprint density at radius 2 is 2.06 bits per heavy atom. The molecule has 0 fully saturated rings. The molecular weight excluding hydrogens is 232 g/mol. The van der Waals surface area contributed by atoms with Crippen molar-refractivity contribution in [3.63, 3.8) is 0 Å². The van der Waals surface area contributed by atoms with Crippen molar-refractivity contribution in [2.45, 2.75) is 26.2 Å². The van der Waals surface area contributed by atoms with Gasteiger partial charge in [0.2, 0.25) is 0 Å². The highest BCUT2D eigenvalue weighted by atomic mass is 35.5. The molecule has 0 N–H and O–H groups in total. The number of aryl methyl sites for hydroxylation is 1. The third kappa shape index (κ3) is 1.57. The highest BCUT2D eigenvalue weighted by molar-refractivity contribution is 6.36. The van der Waals surface area contributed by atoms with Gasteiger partial charge >= 0.3 is 0 Å². The van der Waals surface area contributed by atoms with Crippen LogP contribution in [0, 0.1) is 0 Å². The quantitative estimate of drug-likeness (QED) is 0.688. The van der Waals surface area contributed by atoms with Gasteiger partial charge in [-0.3, -0.25) is 4.79 Å². The van der Waals surface area contributed by atoms with Gasteiger partial charge in [-0.1, -0.05) is 23.7 Å². The second kappa shape index (κ2) is 3.85. The van der Waals surface area contributed by atoms with Crippen molar-refractivity contribution < 1.29 is 4.79 Å². The Bertz CT molecular complexity index is 628. The molecule has 0 aromatic heterocycles. The third-order valence-electron chi connectivity index (χ3n) is 3.56. The minimum Gasteiger partial charge on any atom is -0.294 e. The molecule has 0 saturated heterocycles. The number of rotatable bonds is 1. The first-order chi connectivity index (χ1) is 8.18. The number of fused-ring (bicyclic) bond motifs is 2. The lowest BCUT2D eigenvalue weighted by Crippen LogP contribution is -2.01. The molecule has 0 spiro atoms. The third-order valence-corrected chi connectivity index (χ3v) is 3.88. The van der Waals surface area contributed by atoms with Crippen molar-refractivity contribution in [2.75, 3.05) is 0 Å². The summed E-state index contributed by atoms with van der Waals surface area (Å²) in [4.78, 5) is 11.9. The monoisotopic (exact) mass is 244 g/mol. The maximum Gasteiger partial charge on any atom is 0.160 e. The zero-order chi connectivity index (χ0) is 12.0. The smallest absolute Gasteiger partial charge is 0.160 e. The molecule has 2 aromatic carbocycles. The second-order valence-electron chi connectivity index (χ2n) is 4.63. The first-order valence-electron chi connectivity index (χ1n) is 5.92. The predicted molar refractivity (Wildman–Crippen MR) is 71.0 cm³/mol. The Hall–Kier alpha value is -1.34. The SMILES string of the molecule is CC(=O)c1c2c(cc3c(Cl)cccc13)CCC2. The van der Waals surface area contributed by atoms with E-state index in [0.29, 0.717) is 0 Å². The molecule has 0 radical (unpaired) electrons. The first kappa shape index (κ1) is 10.8. The Kier molecular flexibility index (Phi) is 2.44. The lowest BCUT2D eigenvalue weighted by Gasteiger charge is -2.11. The molecule has 0 bridgehead atoms. The minimum absolute atomic E-state index is 0.149. The summed E-state index contributed by atoms with van der Waals surface area (Å²) < 4.78 is 0. The van der Waals surface area contributed by atoms with Gasteiger partial charge in [0.15, 0.2) is 5.78 Å². The highest BCUT2D eigenvalue weighted by Crippen LogP contribution is 2.35. The lowest BCUT2D eigenvalue weighted by atomic mass is 9.93. The Morgan fingerprint density at radius 3 is 2.82 bits per heavy atom. The van der Waals surface area contributed by atoms with E-state index in [1.54, 1.807) is 6.92 Å². The molecule has 1 nitrogen and oxygen atoms in total. The van der Waals surface area contributed by atoms with Crippen LogP contribution < -0.4 is 0 Å². The van der Waals surface area contributed by atoms with Gasteiger partial charge in [-0.05, 0) is 54.8 Å². The Balaban J connectivity index is 2.49. The summed E-state index contributed by atoms with van der Waals surface area (Å²) in [5.41, 5.74) is 3.43. The van der Waals surface area contributed by atoms with Crippen LogP contribution in [0.4, 0.5) is 0 Å². The average Bonchev–Trinajstić information content (AvgIpc) is 2.74. The summed E-state index contributed by atoms with van der Waals surface area (Å²) in [6.45, 7) is 1.65. The van der Waals surface area contributed by atoms with Crippen LogP contribution in [0.5, 0.6) is 0 Å². The van der Waals surface area contributed by atoms with Crippen molar-refractivity contribution in [3.8, 4) is 0 Å². The summed E-state index contributed by atoms with van der Waals surface area (Å²) >= 11 is 6.22. The van der Waals surface area contributed by atoms with Gasteiger partial charge in [-0.25, -0.2) is 0 Å². The van der Waals surface area contributed by atoms with E-state index in [4.69, 9.17) is 11.6 Å². The van der Waals surface area contributed by atoms with Crippen molar-refractivity contribution in [3.05, 3.63) is 46.0 Å². The van der Waals surface area contributed by atoms with Crippen molar-refractivity contribution in [2.24, 2.45) is 0 Å². The van der Waals surface area contributed by atoms with Crippen molar-refractivity contribution >= 4 is 28.2 Å². The van der Waals surface area contributed by atoms with E-state index in [-0.39, 0.29) is 5.78 Å². The van der Waals surface area contributed by atoms with Gasteiger partial charge in [0.1, 0.15) is 0 Å². The summed E-state index contributed by atoms with van der Waals surface area (Å²) in [6.07, 6.45) is 3.23. The molecule has 17 heavy (non-hydrogen) atoms. The molecular formula is C15H13ClO. The van der Waals surface area contributed by atoms with Crippen LogP contribution in [-0.4, -0.2) is 5.78 Å². The fourth-order valence-corrected chi connectivity index (χ4v) is 3.08. The molecule has 0 aliphatic heterocycles. The van der Waals surface area contributed by atoms with E-state index in [1.165, 1.54) is 11.1 Å². The largest absolute Gasteiger partial charge is 0.294 e. The van der Waals surface area contributed by atoms with Crippen LogP contribution in [-0.2, 0) is 12.8 Å². The van der Waals surface area contributed by atoms with Crippen LogP contribution in [0.25, 0.3) is 10.8 Å². The van der Waals surface area contributed by atoms with E-state index >= 15 is 0 Å². The van der Waals surface area contributed by atoms with E-state index in [0.717, 1.165) is 40.6 Å². The Morgan fingerprint density at radius 1 is 1.24 bits per heavy atom. The Labute approximate surface area is 105 Å². The molecule has 1 aliphatic carbocycles. The molecule has 1 aliphatic rings. The number of hydrogen-bond donors (Lipinski definition) is 0. The van der Waals surface area contributed by atoms with E-state index in [1.807, 2.05) is 18.2 Å². The van der Waals surface area contributed by atoms with Crippen molar-refractivity contribution in [1.29, 1.82) is 0 Å². The summed E-state index contributed by atoms with van der Waals surface area (Å²) in [7, 11) is 0. The van der Waals surface area contributed by atoms with Gasteiger partial charge in [-0.2, -0.15) is 0 Å². The van der Waals surface area contributed by atoms with Crippen LogP contribution in [0.3, 0.4) is 0 Å². The van der Waals surface area contributed by atoms with Crippen LogP contribution in [0.15, 0.2) is 24.3 Å². The molecule has 3 rings (SSSR count). The number of halogens is 1. The van der Waals surface area contributed by atoms with Crippen LogP contribution in [0.1, 0.15) is 34.8 Å². The standard InChI is InChI=1S/C15H13ClO/c1-9(17)15-11-5-2-4-10(11)8-13-12(15)6-3-7-14(13)16/h3,6-8H,2,4-5H2,1H3. The van der Waals surface area contributed by atoms with Crippen LogP contribution in [0.2, 0.25) is 5.02 Å². The number of hydrogen-bond acceptors (Lipinski definition) is 1. The maximum absolute atomic E-state index is 11.9. The summed E-state index contributed by atoms with van der Waals surface area (Å²) in [6, 6.07) is 7.95. The summed E-state index contributed by atoms with van der Waals surface area (Å²) in [5.74, 6) is 0.149. The zero-order valence-corrected chi connectivity index (χ0v) is 10.5. The zero-order valence-electron chi connectivity index (χ0n) is 9.72. The normalized spacial score (nSPS) is 14.0. The molecule has 86 valence electrons. The van der Waals surface area contributed by atoms with Crippen molar-refractivity contribution in [1.82, 2.24) is 0 Å². The molecule has 2 aromatic rings. The van der Waals surface area contributed by atoms with Gasteiger partial charge in [0.05, 0.1) is 0 Å². The first-order valence-corrected chi connectivity index (χ1v) is 6.30. The lowest BCUT2D eigenvalue weighted by molar-refractivity contribution is 0.101. The highest BCUT2D eigenvalue weighted by Gasteiger charge is 2.20. The van der Waals surface area contributed by atoms with Crippen LogP contribution >= 0.6 is 11.6 Å². The van der Waals surface area contributed by atoms with E-state index < -0.39 is 0 Å². The number of benzene rings is 2. The summed E-state index contributed by atoms with van der Waals surface area (Å²) in [5, 5.41) is 2.75. The predicted octanol–water partition coefficient (Wildman–Crippen LogP) is 4.18. The second-order valence-corrected chi connectivity index (χ2v) is 5.04. The number of ketones is 1. The van der Waals surface area contributed by atoms with Gasteiger partial charge in [-0.15, -0.1) is 0 Å². The van der Waals surface area contributed by atoms with E-state index in [2.05, 4.69) is 6.07 Å². The topological polar surface area (TPSA) is 17.1 Å². The molecule has 0 amide bonds. The molecule has 0 unspecified atom stereocenters. The molecule has 0 atom stereocenters.